The van der Waals surface area contributed by atoms with Crippen LogP contribution >= 0.6 is 0 Å². The molecule has 114 valence electrons. The van der Waals surface area contributed by atoms with Crippen molar-refractivity contribution >= 4 is 21.9 Å². The van der Waals surface area contributed by atoms with E-state index in [1.807, 2.05) is 0 Å². The van der Waals surface area contributed by atoms with Crippen molar-refractivity contribution in [2.75, 3.05) is 19.3 Å². The van der Waals surface area contributed by atoms with Gasteiger partial charge in [0.2, 0.25) is 15.9 Å². The number of aliphatic carboxylic acids is 1. The van der Waals surface area contributed by atoms with Gasteiger partial charge in [-0.2, -0.15) is 4.31 Å². The summed E-state index contributed by atoms with van der Waals surface area (Å²) >= 11 is 0. The van der Waals surface area contributed by atoms with Crippen molar-refractivity contribution in [2.45, 2.75) is 38.3 Å². The van der Waals surface area contributed by atoms with Gasteiger partial charge in [0.05, 0.1) is 12.2 Å². The average molecular weight is 304 g/mol. The molecule has 0 aromatic carbocycles. The highest BCUT2D eigenvalue weighted by Crippen LogP contribution is 2.29. The number of carboxylic acid groups (broad SMARTS) is 1. The first-order valence-electron chi connectivity index (χ1n) is 6.73. The van der Waals surface area contributed by atoms with Gasteiger partial charge >= 0.3 is 5.97 Å². The molecule has 2 aliphatic heterocycles. The van der Waals surface area contributed by atoms with Crippen LogP contribution in [0.4, 0.5) is 0 Å². The van der Waals surface area contributed by atoms with Crippen LogP contribution in [0.2, 0.25) is 0 Å². The molecule has 2 saturated heterocycles. The minimum absolute atomic E-state index is 0.260. The van der Waals surface area contributed by atoms with E-state index >= 15 is 0 Å². The third-order valence-corrected chi connectivity index (χ3v) is 5.56. The fourth-order valence-electron chi connectivity index (χ4n) is 3.16. The Hall–Kier alpha value is -1.15. The monoisotopic (exact) mass is 304 g/mol. The molecule has 0 aliphatic carbocycles. The van der Waals surface area contributed by atoms with E-state index in [0.717, 1.165) is 6.26 Å². The molecule has 7 nitrogen and oxygen atoms in total. The molecule has 0 aromatic heterocycles. The second kappa shape index (κ2) is 5.33. The van der Waals surface area contributed by atoms with E-state index in [1.54, 1.807) is 6.92 Å². The second-order valence-electron chi connectivity index (χ2n) is 5.54. The second-order valence-corrected chi connectivity index (χ2v) is 7.47. The van der Waals surface area contributed by atoms with Crippen molar-refractivity contribution in [3.8, 4) is 0 Å². The Morgan fingerprint density at radius 3 is 2.35 bits per heavy atom. The van der Waals surface area contributed by atoms with Crippen molar-refractivity contribution in [2.24, 2.45) is 5.92 Å². The van der Waals surface area contributed by atoms with E-state index < -0.39 is 28.0 Å². The van der Waals surface area contributed by atoms with Crippen LogP contribution in [-0.2, 0) is 19.6 Å². The van der Waals surface area contributed by atoms with Crippen molar-refractivity contribution in [1.82, 2.24) is 9.21 Å². The average Bonchev–Trinajstić information content (AvgIpc) is 2.92. The van der Waals surface area contributed by atoms with E-state index in [2.05, 4.69) is 0 Å². The molecule has 8 heteroatoms. The zero-order chi connectivity index (χ0) is 15.1. The lowest BCUT2D eigenvalue weighted by Gasteiger charge is -2.29. The highest BCUT2D eigenvalue weighted by Gasteiger charge is 2.44. The molecule has 2 aliphatic rings. The predicted octanol–water partition coefficient (Wildman–Crippen LogP) is -0.268. The maximum absolute atomic E-state index is 12.5. The van der Waals surface area contributed by atoms with Gasteiger partial charge in [-0.1, -0.05) is 0 Å². The molecule has 1 amide bonds. The summed E-state index contributed by atoms with van der Waals surface area (Å²) in [6, 6.07) is -1.05. The Labute approximate surface area is 118 Å². The first kappa shape index (κ1) is 15.2. The number of hydrogen-bond donors (Lipinski definition) is 1. The quantitative estimate of drug-likeness (QED) is 0.774. The van der Waals surface area contributed by atoms with Crippen LogP contribution in [-0.4, -0.2) is 66.0 Å². The number of likely N-dealkylation sites (tertiary alicyclic amines) is 1. The lowest BCUT2D eigenvalue weighted by Crippen LogP contribution is -2.49. The summed E-state index contributed by atoms with van der Waals surface area (Å²) in [6.07, 6.45) is 2.70. The van der Waals surface area contributed by atoms with Crippen LogP contribution in [0.3, 0.4) is 0 Å². The Morgan fingerprint density at radius 1 is 1.20 bits per heavy atom. The third kappa shape index (κ3) is 2.67. The van der Waals surface area contributed by atoms with Gasteiger partial charge in [-0.15, -0.1) is 0 Å². The Balaban J connectivity index is 2.14. The molecular weight excluding hydrogens is 284 g/mol. The number of hydrogen-bond acceptors (Lipinski definition) is 4. The molecule has 0 saturated carbocycles. The van der Waals surface area contributed by atoms with Crippen molar-refractivity contribution < 1.29 is 23.1 Å². The molecule has 1 N–H and O–H groups in total. The highest BCUT2D eigenvalue weighted by molar-refractivity contribution is 7.88. The predicted molar refractivity (Wildman–Crippen MR) is 71.5 cm³/mol. The summed E-state index contributed by atoms with van der Waals surface area (Å²) in [5.74, 6) is -1.73. The van der Waals surface area contributed by atoms with Crippen LogP contribution < -0.4 is 0 Å². The Kier molecular flexibility index (Phi) is 4.06. The van der Waals surface area contributed by atoms with Crippen LogP contribution in [0, 0.1) is 5.92 Å². The summed E-state index contributed by atoms with van der Waals surface area (Å²) in [5, 5.41) is 9.09. The number of sulfonamides is 1. The lowest BCUT2D eigenvalue weighted by atomic mass is 10.0. The van der Waals surface area contributed by atoms with Crippen LogP contribution in [0.15, 0.2) is 0 Å². The molecule has 20 heavy (non-hydrogen) atoms. The normalized spacial score (nSPS) is 31.7. The summed E-state index contributed by atoms with van der Waals surface area (Å²) < 4.78 is 24.6. The largest absolute Gasteiger partial charge is 0.481 e. The fraction of sp³-hybridized carbons (Fsp3) is 0.833. The summed E-state index contributed by atoms with van der Waals surface area (Å²) in [5.41, 5.74) is 0. The van der Waals surface area contributed by atoms with Crippen molar-refractivity contribution in [3.63, 3.8) is 0 Å². The van der Waals surface area contributed by atoms with Gasteiger partial charge in [0.25, 0.3) is 0 Å². The van der Waals surface area contributed by atoms with Gasteiger partial charge in [-0.25, -0.2) is 8.42 Å². The molecule has 0 spiro atoms. The molecule has 2 fully saturated rings. The summed E-state index contributed by atoms with van der Waals surface area (Å²) in [6.45, 7) is 2.45. The van der Waals surface area contributed by atoms with E-state index in [9.17, 15) is 18.0 Å². The number of carbonyl (C=O) groups excluding carboxylic acids is 1. The van der Waals surface area contributed by atoms with E-state index in [4.69, 9.17) is 5.11 Å². The van der Waals surface area contributed by atoms with Gasteiger partial charge in [0, 0.05) is 19.1 Å². The molecule has 3 atom stereocenters. The smallest absolute Gasteiger partial charge is 0.308 e. The van der Waals surface area contributed by atoms with Gasteiger partial charge in [0.1, 0.15) is 6.04 Å². The molecule has 0 radical (unpaired) electrons. The lowest BCUT2D eigenvalue weighted by molar-refractivity contribution is -0.143. The summed E-state index contributed by atoms with van der Waals surface area (Å²) in [7, 11) is -3.40. The number of amides is 1. The van der Waals surface area contributed by atoms with Crippen LogP contribution in [0.1, 0.15) is 26.2 Å². The van der Waals surface area contributed by atoms with Crippen molar-refractivity contribution in [3.05, 3.63) is 0 Å². The van der Waals surface area contributed by atoms with E-state index in [1.165, 1.54) is 9.21 Å². The van der Waals surface area contributed by atoms with E-state index in [-0.39, 0.29) is 11.9 Å². The van der Waals surface area contributed by atoms with Gasteiger partial charge < -0.3 is 10.0 Å². The SMILES string of the molecule is CC1C(C(=O)O)CCN1C(=O)C1CCCN1S(C)(=O)=O. The van der Waals surface area contributed by atoms with Gasteiger partial charge in [0.15, 0.2) is 0 Å². The number of carboxylic acids is 1. The summed E-state index contributed by atoms with van der Waals surface area (Å²) in [4.78, 5) is 25.1. The van der Waals surface area contributed by atoms with Crippen molar-refractivity contribution in [1.29, 1.82) is 0 Å². The minimum Gasteiger partial charge on any atom is -0.481 e. The zero-order valence-electron chi connectivity index (χ0n) is 11.7. The third-order valence-electron chi connectivity index (χ3n) is 4.27. The van der Waals surface area contributed by atoms with Crippen LogP contribution in [0.25, 0.3) is 0 Å². The van der Waals surface area contributed by atoms with E-state index in [0.29, 0.717) is 32.4 Å². The number of nitrogens with zero attached hydrogens (tertiary/aromatic N) is 2. The molecule has 3 unspecified atom stereocenters. The first-order valence-corrected chi connectivity index (χ1v) is 8.58. The van der Waals surface area contributed by atoms with Gasteiger partial charge in [-0.05, 0) is 26.2 Å². The Morgan fingerprint density at radius 2 is 1.85 bits per heavy atom. The van der Waals surface area contributed by atoms with Crippen LogP contribution in [0.5, 0.6) is 0 Å². The number of carbonyl (C=O) groups is 2. The Bertz CT molecular complexity index is 518. The van der Waals surface area contributed by atoms with Gasteiger partial charge in [-0.3, -0.25) is 9.59 Å². The molecule has 0 bridgehead atoms. The molecular formula is C12H20N2O5S. The highest BCUT2D eigenvalue weighted by atomic mass is 32.2. The fourth-order valence-corrected chi connectivity index (χ4v) is 4.27. The molecule has 2 heterocycles. The first-order chi connectivity index (χ1) is 9.23. The number of rotatable bonds is 3. The maximum Gasteiger partial charge on any atom is 0.308 e. The standard InChI is InChI=1S/C12H20N2O5S/c1-8-9(12(16)17)5-7-13(8)11(15)10-4-3-6-14(10)20(2,18)19/h8-10H,3-7H2,1-2H3,(H,16,17). The maximum atomic E-state index is 12.5. The topological polar surface area (TPSA) is 95.0 Å². The molecule has 2 rings (SSSR count). The minimum atomic E-state index is -3.40. The zero-order valence-corrected chi connectivity index (χ0v) is 12.5. The molecule has 0 aromatic rings.